The first kappa shape index (κ1) is 17.1. The fraction of sp³-hybridized carbons (Fsp3) is 0.409. The number of benzene rings is 2. The first-order valence-corrected chi connectivity index (χ1v) is 9.50. The number of hydrogen-bond donors (Lipinski definition) is 0. The molecule has 2 aromatic rings. The molecule has 2 aliphatic rings. The summed E-state index contributed by atoms with van der Waals surface area (Å²) in [4.78, 5) is 15.3. The van der Waals surface area contributed by atoms with Gasteiger partial charge in [-0.3, -0.25) is 4.79 Å². The Kier molecular flexibility index (Phi) is 5.21. The van der Waals surface area contributed by atoms with Crippen LogP contribution in [-0.4, -0.2) is 43.5 Å². The molecule has 0 amide bonds. The Bertz CT molecular complexity index is 751. The molecule has 4 nitrogen and oxygen atoms in total. The van der Waals surface area contributed by atoms with Crippen LogP contribution in [0.3, 0.4) is 0 Å². The minimum atomic E-state index is 0.116. The highest BCUT2D eigenvalue weighted by atomic mass is 16.6. The average molecular weight is 351 g/mol. The molecule has 26 heavy (non-hydrogen) atoms. The van der Waals surface area contributed by atoms with Gasteiger partial charge in [-0.05, 0) is 56.1 Å². The second kappa shape index (κ2) is 7.92. The number of carbonyl (C=O) groups excluding carboxylic acids is 1. The van der Waals surface area contributed by atoms with Gasteiger partial charge in [0, 0.05) is 18.0 Å². The Balaban J connectivity index is 1.31. The van der Waals surface area contributed by atoms with Crippen LogP contribution in [0.15, 0.2) is 48.5 Å². The predicted octanol–water partition coefficient (Wildman–Crippen LogP) is 3.60. The van der Waals surface area contributed by atoms with Crippen molar-refractivity contribution in [1.29, 1.82) is 0 Å². The van der Waals surface area contributed by atoms with Gasteiger partial charge >= 0.3 is 0 Å². The van der Waals surface area contributed by atoms with E-state index in [-0.39, 0.29) is 11.7 Å². The van der Waals surface area contributed by atoms with E-state index in [1.807, 2.05) is 18.2 Å². The van der Waals surface area contributed by atoms with Crippen LogP contribution in [0, 0.1) is 5.92 Å². The Labute approximate surface area is 154 Å². The van der Waals surface area contributed by atoms with Gasteiger partial charge < -0.3 is 14.4 Å². The summed E-state index contributed by atoms with van der Waals surface area (Å²) in [6.07, 6.45) is 2.94. The summed E-state index contributed by atoms with van der Waals surface area (Å²) in [7, 11) is 0. The maximum absolute atomic E-state index is 12.9. The number of likely N-dealkylation sites (tertiary alicyclic amines) is 1. The summed E-state index contributed by atoms with van der Waals surface area (Å²) < 4.78 is 11.1. The lowest BCUT2D eigenvalue weighted by Crippen LogP contribution is -2.37. The maximum Gasteiger partial charge on any atom is 0.166 e. The summed E-state index contributed by atoms with van der Waals surface area (Å²) in [5.41, 5.74) is 2.12. The zero-order chi connectivity index (χ0) is 17.8. The Hall–Kier alpha value is -2.33. The van der Waals surface area contributed by atoms with Crippen molar-refractivity contribution >= 4 is 5.78 Å². The normalized spacial score (nSPS) is 17.8. The van der Waals surface area contributed by atoms with Crippen LogP contribution in [0.4, 0.5) is 0 Å². The van der Waals surface area contributed by atoms with E-state index in [0.29, 0.717) is 19.0 Å². The van der Waals surface area contributed by atoms with E-state index in [1.165, 1.54) is 5.56 Å². The minimum Gasteiger partial charge on any atom is -0.486 e. The molecule has 0 saturated carbocycles. The van der Waals surface area contributed by atoms with E-state index in [9.17, 15) is 4.79 Å². The van der Waals surface area contributed by atoms with Crippen LogP contribution in [-0.2, 0) is 6.42 Å². The third-order valence-corrected chi connectivity index (χ3v) is 5.34. The largest absolute Gasteiger partial charge is 0.486 e. The van der Waals surface area contributed by atoms with Crippen molar-refractivity contribution in [3.8, 4) is 11.5 Å². The lowest BCUT2D eigenvalue weighted by atomic mass is 9.88. The Morgan fingerprint density at radius 2 is 1.69 bits per heavy atom. The lowest BCUT2D eigenvalue weighted by Gasteiger charge is -2.31. The number of ketones is 1. The molecule has 1 saturated heterocycles. The number of nitrogens with zero attached hydrogens (tertiary/aromatic N) is 1. The fourth-order valence-electron chi connectivity index (χ4n) is 3.78. The molecule has 136 valence electrons. The number of fused-ring (bicyclic) bond motifs is 1. The standard InChI is InChI=1S/C22H25NO3/c24-22(19-6-7-20-21(16-19)26-15-14-25-20)18-9-12-23(13-10-18)11-8-17-4-2-1-3-5-17/h1-7,16,18H,8-15H2. The molecule has 2 aromatic carbocycles. The number of ether oxygens (including phenoxy) is 2. The van der Waals surface area contributed by atoms with E-state index < -0.39 is 0 Å². The second-order valence-electron chi connectivity index (χ2n) is 7.07. The third-order valence-electron chi connectivity index (χ3n) is 5.34. The minimum absolute atomic E-state index is 0.116. The molecule has 0 bridgehead atoms. The lowest BCUT2D eigenvalue weighted by molar-refractivity contribution is 0.0840. The topological polar surface area (TPSA) is 38.8 Å². The molecule has 0 aromatic heterocycles. The van der Waals surface area contributed by atoms with Crippen molar-refractivity contribution in [1.82, 2.24) is 4.90 Å². The van der Waals surface area contributed by atoms with Crippen molar-refractivity contribution in [2.45, 2.75) is 19.3 Å². The van der Waals surface area contributed by atoms with E-state index >= 15 is 0 Å². The smallest absolute Gasteiger partial charge is 0.166 e. The molecular weight excluding hydrogens is 326 g/mol. The van der Waals surface area contributed by atoms with E-state index in [0.717, 1.165) is 50.2 Å². The Morgan fingerprint density at radius 1 is 0.962 bits per heavy atom. The summed E-state index contributed by atoms with van der Waals surface area (Å²) in [6, 6.07) is 16.2. The SMILES string of the molecule is O=C(c1ccc2c(c1)OCCO2)C1CCN(CCc2ccccc2)CC1. The van der Waals surface area contributed by atoms with Gasteiger partial charge in [-0.1, -0.05) is 30.3 Å². The van der Waals surface area contributed by atoms with Gasteiger partial charge in [0.2, 0.25) is 0 Å². The molecular formula is C22H25NO3. The van der Waals surface area contributed by atoms with Crippen LogP contribution in [0.2, 0.25) is 0 Å². The zero-order valence-corrected chi connectivity index (χ0v) is 15.0. The molecule has 4 rings (SSSR count). The van der Waals surface area contributed by atoms with Crippen LogP contribution in [0.1, 0.15) is 28.8 Å². The van der Waals surface area contributed by atoms with Crippen LogP contribution in [0.5, 0.6) is 11.5 Å². The van der Waals surface area contributed by atoms with E-state index in [1.54, 1.807) is 0 Å². The van der Waals surface area contributed by atoms with Gasteiger partial charge in [0.05, 0.1) is 0 Å². The van der Waals surface area contributed by atoms with Gasteiger partial charge in [-0.25, -0.2) is 0 Å². The quantitative estimate of drug-likeness (QED) is 0.772. The first-order valence-electron chi connectivity index (χ1n) is 9.50. The molecule has 0 N–H and O–H groups in total. The Morgan fingerprint density at radius 3 is 2.46 bits per heavy atom. The summed E-state index contributed by atoms with van der Waals surface area (Å²) in [6.45, 7) is 4.17. The molecule has 4 heteroatoms. The molecule has 0 aliphatic carbocycles. The van der Waals surface area contributed by atoms with Crippen molar-refractivity contribution in [3.63, 3.8) is 0 Å². The molecule has 0 unspecified atom stereocenters. The van der Waals surface area contributed by atoms with Gasteiger partial charge in [0.15, 0.2) is 17.3 Å². The number of piperidine rings is 1. The molecule has 2 aliphatic heterocycles. The van der Waals surface area contributed by atoms with Crippen molar-refractivity contribution in [3.05, 3.63) is 59.7 Å². The molecule has 0 atom stereocenters. The summed E-state index contributed by atoms with van der Waals surface area (Å²) in [5, 5.41) is 0. The second-order valence-corrected chi connectivity index (χ2v) is 7.07. The van der Waals surface area contributed by atoms with E-state index in [4.69, 9.17) is 9.47 Å². The average Bonchev–Trinajstić information content (AvgIpc) is 2.72. The van der Waals surface area contributed by atoms with Crippen molar-refractivity contribution < 1.29 is 14.3 Å². The molecule has 2 heterocycles. The number of Topliss-reactive ketones (excluding diaryl/α,β-unsaturated/α-hetero) is 1. The predicted molar refractivity (Wildman–Crippen MR) is 101 cm³/mol. The first-order chi connectivity index (χ1) is 12.8. The highest BCUT2D eigenvalue weighted by Crippen LogP contribution is 2.32. The van der Waals surface area contributed by atoms with Crippen LogP contribution < -0.4 is 9.47 Å². The summed E-state index contributed by atoms with van der Waals surface area (Å²) >= 11 is 0. The monoisotopic (exact) mass is 351 g/mol. The summed E-state index contributed by atoms with van der Waals surface area (Å²) in [5.74, 6) is 1.79. The maximum atomic E-state index is 12.9. The number of rotatable bonds is 5. The van der Waals surface area contributed by atoms with Crippen molar-refractivity contribution in [2.24, 2.45) is 5.92 Å². The van der Waals surface area contributed by atoms with Crippen LogP contribution in [0.25, 0.3) is 0 Å². The van der Waals surface area contributed by atoms with Crippen molar-refractivity contribution in [2.75, 3.05) is 32.8 Å². The van der Waals surface area contributed by atoms with Crippen LogP contribution >= 0.6 is 0 Å². The third kappa shape index (κ3) is 3.91. The van der Waals surface area contributed by atoms with Gasteiger partial charge in [0.25, 0.3) is 0 Å². The molecule has 0 spiro atoms. The molecule has 0 radical (unpaired) electrons. The zero-order valence-electron chi connectivity index (χ0n) is 15.0. The van der Waals surface area contributed by atoms with Gasteiger partial charge in [-0.15, -0.1) is 0 Å². The highest BCUT2D eigenvalue weighted by Gasteiger charge is 2.26. The van der Waals surface area contributed by atoms with Gasteiger partial charge in [0.1, 0.15) is 13.2 Å². The number of hydrogen-bond acceptors (Lipinski definition) is 4. The highest BCUT2D eigenvalue weighted by molar-refractivity contribution is 5.98. The van der Waals surface area contributed by atoms with Gasteiger partial charge in [-0.2, -0.15) is 0 Å². The molecule has 1 fully saturated rings. The van der Waals surface area contributed by atoms with E-state index in [2.05, 4.69) is 35.2 Å². The number of carbonyl (C=O) groups is 1. The fourth-order valence-corrected chi connectivity index (χ4v) is 3.78.